The predicted octanol–water partition coefficient (Wildman–Crippen LogP) is 3.14. The third-order valence-corrected chi connectivity index (χ3v) is 2.39. The van der Waals surface area contributed by atoms with Gasteiger partial charge in [0.15, 0.2) is 0 Å². The van der Waals surface area contributed by atoms with E-state index in [0.29, 0.717) is 19.7 Å². The lowest BCUT2D eigenvalue weighted by Crippen LogP contribution is -2.23. The summed E-state index contributed by atoms with van der Waals surface area (Å²) in [7, 11) is 0. The Morgan fingerprint density at radius 2 is 2.00 bits per heavy atom. The predicted molar refractivity (Wildman–Crippen MR) is 70.8 cm³/mol. The molecule has 0 radical (unpaired) electrons. The van der Waals surface area contributed by atoms with E-state index >= 15 is 0 Å². The molecular formula is C14H20F3NO2. The Morgan fingerprint density at radius 3 is 2.70 bits per heavy atom. The van der Waals surface area contributed by atoms with Crippen molar-refractivity contribution >= 4 is 0 Å². The summed E-state index contributed by atoms with van der Waals surface area (Å²) in [4.78, 5) is 0. The maximum absolute atomic E-state index is 11.8. The van der Waals surface area contributed by atoms with Crippen molar-refractivity contribution < 1.29 is 22.6 Å². The van der Waals surface area contributed by atoms with E-state index < -0.39 is 12.8 Å². The first kappa shape index (κ1) is 16.8. The average molecular weight is 291 g/mol. The minimum Gasteiger partial charge on any atom is -0.494 e. The number of hydrogen-bond acceptors (Lipinski definition) is 3. The van der Waals surface area contributed by atoms with Gasteiger partial charge < -0.3 is 14.8 Å². The highest BCUT2D eigenvalue weighted by molar-refractivity contribution is 5.28. The molecule has 3 nitrogen and oxygen atoms in total. The van der Waals surface area contributed by atoms with Gasteiger partial charge in [-0.25, -0.2) is 0 Å². The Kier molecular flexibility index (Phi) is 7.40. The molecule has 0 fully saturated rings. The van der Waals surface area contributed by atoms with E-state index in [1.54, 1.807) is 0 Å². The maximum atomic E-state index is 11.8. The largest absolute Gasteiger partial charge is 0.494 e. The molecule has 6 heteroatoms. The summed E-state index contributed by atoms with van der Waals surface area (Å²) < 4.78 is 45.5. The quantitative estimate of drug-likeness (QED) is 0.709. The van der Waals surface area contributed by atoms with Crippen molar-refractivity contribution in [1.82, 2.24) is 5.32 Å². The van der Waals surface area contributed by atoms with E-state index in [1.165, 1.54) is 0 Å². The van der Waals surface area contributed by atoms with Crippen LogP contribution in [0.3, 0.4) is 0 Å². The van der Waals surface area contributed by atoms with Gasteiger partial charge in [0.05, 0.1) is 13.2 Å². The van der Waals surface area contributed by atoms with Gasteiger partial charge >= 0.3 is 6.18 Å². The molecule has 0 atom stereocenters. The summed E-state index contributed by atoms with van der Waals surface area (Å²) in [5.74, 6) is 0.805. The number of alkyl halides is 3. The van der Waals surface area contributed by atoms with Gasteiger partial charge in [-0.1, -0.05) is 19.1 Å². The molecule has 0 saturated heterocycles. The molecule has 0 heterocycles. The molecule has 0 aliphatic carbocycles. The zero-order valence-electron chi connectivity index (χ0n) is 11.5. The fraction of sp³-hybridized carbons (Fsp3) is 0.571. The molecule has 1 aromatic rings. The minimum absolute atomic E-state index is 0.0333. The van der Waals surface area contributed by atoms with Crippen LogP contribution in [-0.4, -0.2) is 32.5 Å². The van der Waals surface area contributed by atoms with Gasteiger partial charge in [-0.3, -0.25) is 0 Å². The monoisotopic (exact) mass is 291 g/mol. The Morgan fingerprint density at radius 1 is 1.20 bits per heavy atom. The van der Waals surface area contributed by atoms with E-state index in [-0.39, 0.29) is 6.61 Å². The topological polar surface area (TPSA) is 30.5 Å². The number of ether oxygens (including phenoxy) is 2. The van der Waals surface area contributed by atoms with Crippen molar-refractivity contribution in [2.45, 2.75) is 26.1 Å². The molecule has 0 unspecified atom stereocenters. The van der Waals surface area contributed by atoms with Gasteiger partial charge in [-0.15, -0.1) is 0 Å². The molecule has 1 aromatic carbocycles. The molecule has 0 amide bonds. The fourth-order valence-electron chi connectivity index (χ4n) is 1.53. The molecule has 0 aliphatic heterocycles. The summed E-state index contributed by atoms with van der Waals surface area (Å²) >= 11 is 0. The van der Waals surface area contributed by atoms with Gasteiger partial charge in [0.25, 0.3) is 0 Å². The van der Waals surface area contributed by atoms with Gasteiger partial charge in [-0.2, -0.15) is 13.2 Å². The maximum Gasteiger partial charge on any atom is 0.411 e. The van der Waals surface area contributed by atoms with Crippen LogP contribution in [0.5, 0.6) is 5.75 Å². The normalized spacial score (nSPS) is 11.6. The van der Waals surface area contributed by atoms with Crippen LogP contribution in [0.1, 0.15) is 18.9 Å². The second-order valence-corrected chi connectivity index (χ2v) is 4.34. The Bertz CT molecular complexity index is 383. The lowest BCUT2D eigenvalue weighted by molar-refractivity contribution is -0.173. The van der Waals surface area contributed by atoms with E-state index in [4.69, 9.17) is 4.74 Å². The smallest absolute Gasteiger partial charge is 0.411 e. The summed E-state index contributed by atoms with van der Waals surface area (Å²) in [5.41, 5.74) is 1.02. The van der Waals surface area contributed by atoms with Crippen LogP contribution in [0, 0.1) is 0 Å². The van der Waals surface area contributed by atoms with E-state index in [9.17, 15) is 13.2 Å². The van der Waals surface area contributed by atoms with Gasteiger partial charge in [-0.05, 0) is 24.1 Å². The van der Waals surface area contributed by atoms with Gasteiger partial charge in [0.2, 0.25) is 0 Å². The number of hydrogen-bond donors (Lipinski definition) is 1. The fourth-order valence-corrected chi connectivity index (χ4v) is 1.53. The SMILES string of the molecule is CCCOc1cccc(CNCCOCC(F)(F)F)c1. The Balaban J connectivity index is 2.18. The van der Waals surface area contributed by atoms with Crippen molar-refractivity contribution in [3.63, 3.8) is 0 Å². The molecule has 0 aliphatic rings. The standard InChI is InChI=1S/C14H20F3NO2/c1-2-7-20-13-5-3-4-12(9-13)10-18-6-8-19-11-14(15,16)17/h3-5,9,18H,2,6-8,10-11H2,1H3. The van der Waals surface area contributed by atoms with Crippen LogP contribution in [0.25, 0.3) is 0 Å². The highest BCUT2D eigenvalue weighted by Crippen LogP contribution is 2.14. The first-order valence-electron chi connectivity index (χ1n) is 6.58. The molecule has 20 heavy (non-hydrogen) atoms. The molecule has 0 bridgehead atoms. The summed E-state index contributed by atoms with van der Waals surface area (Å²) in [5, 5.41) is 3.02. The van der Waals surface area contributed by atoms with Crippen molar-refractivity contribution in [1.29, 1.82) is 0 Å². The van der Waals surface area contributed by atoms with E-state index in [0.717, 1.165) is 17.7 Å². The Hall–Kier alpha value is -1.27. The van der Waals surface area contributed by atoms with Gasteiger partial charge in [0, 0.05) is 13.1 Å². The minimum atomic E-state index is -4.26. The number of halogens is 3. The molecule has 1 rings (SSSR count). The molecular weight excluding hydrogens is 271 g/mol. The molecule has 0 saturated carbocycles. The molecule has 1 N–H and O–H groups in total. The van der Waals surface area contributed by atoms with Crippen molar-refractivity contribution in [3.8, 4) is 5.75 Å². The van der Waals surface area contributed by atoms with E-state index in [1.807, 2.05) is 31.2 Å². The zero-order valence-corrected chi connectivity index (χ0v) is 11.5. The zero-order chi connectivity index (χ0) is 14.8. The number of nitrogens with one attached hydrogen (secondary N) is 1. The second kappa shape index (κ2) is 8.81. The third kappa shape index (κ3) is 8.01. The van der Waals surface area contributed by atoms with Crippen LogP contribution >= 0.6 is 0 Å². The summed E-state index contributed by atoms with van der Waals surface area (Å²) in [6.07, 6.45) is -3.32. The lowest BCUT2D eigenvalue weighted by atomic mass is 10.2. The summed E-state index contributed by atoms with van der Waals surface area (Å²) in [6.45, 7) is 2.48. The lowest BCUT2D eigenvalue weighted by Gasteiger charge is -2.09. The van der Waals surface area contributed by atoms with Gasteiger partial charge in [0.1, 0.15) is 12.4 Å². The second-order valence-electron chi connectivity index (χ2n) is 4.34. The molecule has 0 spiro atoms. The third-order valence-electron chi connectivity index (χ3n) is 2.39. The van der Waals surface area contributed by atoms with E-state index in [2.05, 4.69) is 10.1 Å². The number of rotatable bonds is 9. The van der Waals surface area contributed by atoms with Crippen LogP contribution in [0.2, 0.25) is 0 Å². The highest BCUT2D eigenvalue weighted by atomic mass is 19.4. The number of benzene rings is 1. The Labute approximate surface area is 117 Å². The van der Waals surface area contributed by atoms with Crippen LogP contribution < -0.4 is 10.1 Å². The summed E-state index contributed by atoms with van der Waals surface area (Å²) in [6, 6.07) is 7.62. The van der Waals surface area contributed by atoms with Crippen molar-refractivity contribution in [2.75, 3.05) is 26.4 Å². The van der Waals surface area contributed by atoms with Crippen LogP contribution in [-0.2, 0) is 11.3 Å². The van der Waals surface area contributed by atoms with Crippen molar-refractivity contribution in [3.05, 3.63) is 29.8 Å². The average Bonchev–Trinajstić information content (AvgIpc) is 2.40. The molecule has 0 aromatic heterocycles. The van der Waals surface area contributed by atoms with Crippen LogP contribution in [0.4, 0.5) is 13.2 Å². The molecule has 114 valence electrons. The first-order valence-corrected chi connectivity index (χ1v) is 6.58. The van der Waals surface area contributed by atoms with Crippen LogP contribution in [0.15, 0.2) is 24.3 Å². The first-order chi connectivity index (χ1) is 9.51. The van der Waals surface area contributed by atoms with Crippen molar-refractivity contribution in [2.24, 2.45) is 0 Å². The highest BCUT2D eigenvalue weighted by Gasteiger charge is 2.27.